The van der Waals surface area contributed by atoms with Gasteiger partial charge in [0.1, 0.15) is 6.07 Å². The van der Waals surface area contributed by atoms with Crippen LogP contribution < -0.4 is 5.32 Å². The number of aromatic amines is 1. The van der Waals surface area contributed by atoms with Gasteiger partial charge in [0.2, 0.25) is 0 Å². The number of hydrogen-bond donors (Lipinski definition) is 2. The fourth-order valence-corrected chi connectivity index (χ4v) is 2.30. The van der Waals surface area contributed by atoms with Crippen LogP contribution in [0.2, 0.25) is 0 Å². The average molecular weight is 275 g/mol. The number of carbonyl (C=O) groups excluding carboxylic acids is 1. The van der Waals surface area contributed by atoms with Crippen molar-refractivity contribution in [3.63, 3.8) is 0 Å². The number of nitrogens with zero attached hydrogens (tertiary/aromatic N) is 1. The maximum Gasteiger partial charge on any atom is 0.255 e. The molecule has 1 aromatic heterocycles. The Balaban J connectivity index is 1.91. The van der Waals surface area contributed by atoms with Crippen LogP contribution in [-0.4, -0.2) is 10.9 Å². The van der Waals surface area contributed by atoms with Gasteiger partial charge in [-0.1, -0.05) is 12.1 Å². The van der Waals surface area contributed by atoms with E-state index in [1.54, 1.807) is 30.3 Å². The Kier molecular flexibility index (Phi) is 3.17. The monoisotopic (exact) mass is 275 g/mol. The molecule has 1 amide bonds. The number of amides is 1. The number of aryl methyl sites for hydroxylation is 1. The highest BCUT2D eigenvalue weighted by molar-refractivity contribution is 6.06. The smallest absolute Gasteiger partial charge is 0.255 e. The van der Waals surface area contributed by atoms with Gasteiger partial charge in [0.05, 0.1) is 11.3 Å². The van der Waals surface area contributed by atoms with Crippen LogP contribution in [0.1, 0.15) is 21.6 Å². The van der Waals surface area contributed by atoms with E-state index in [4.69, 9.17) is 5.26 Å². The molecule has 3 aromatic rings. The summed E-state index contributed by atoms with van der Waals surface area (Å²) in [6, 6.07) is 16.5. The second-order valence-corrected chi connectivity index (χ2v) is 4.87. The van der Waals surface area contributed by atoms with Gasteiger partial charge in [-0.15, -0.1) is 0 Å². The summed E-state index contributed by atoms with van der Waals surface area (Å²) >= 11 is 0. The molecule has 0 fully saturated rings. The van der Waals surface area contributed by atoms with E-state index in [2.05, 4.69) is 16.4 Å². The summed E-state index contributed by atoms with van der Waals surface area (Å²) in [5, 5.41) is 12.8. The molecule has 0 radical (unpaired) electrons. The molecule has 0 atom stereocenters. The van der Waals surface area contributed by atoms with E-state index < -0.39 is 0 Å². The number of carbonyl (C=O) groups is 1. The van der Waals surface area contributed by atoms with Gasteiger partial charge in [-0.2, -0.15) is 5.26 Å². The molecule has 4 heteroatoms. The van der Waals surface area contributed by atoms with Gasteiger partial charge in [-0.05, 0) is 43.3 Å². The molecule has 0 saturated carbocycles. The molecule has 4 nitrogen and oxygen atoms in total. The summed E-state index contributed by atoms with van der Waals surface area (Å²) in [5.41, 5.74) is 3.59. The van der Waals surface area contributed by atoms with E-state index in [9.17, 15) is 4.79 Å². The van der Waals surface area contributed by atoms with E-state index in [0.717, 1.165) is 16.6 Å². The molecule has 0 bridgehead atoms. The van der Waals surface area contributed by atoms with E-state index in [-0.39, 0.29) is 5.91 Å². The molecule has 3 rings (SSSR count). The first-order valence-electron chi connectivity index (χ1n) is 6.57. The molecule has 102 valence electrons. The molecule has 0 aliphatic heterocycles. The first kappa shape index (κ1) is 12.9. The minimum absolute atomic E-state index is 0.224. The molecule has 0 unspecified atom stereocenters. The Morgan fingerprint density at radius 3 is 2.81 bits per heavy atom. The van der Waals surface area contributed by atoms with Crippen molar-refractivity contribution in [3.8, 4) is 6.07 Å². The highest BCUT2D eigenvalue weighted by Gasteiger charge is 2.10. The summed E-state index contributed by atoms with van der Waals surface area (Å²) in [7, 11) is 0. The van der Waals surface area contributed by atoms with Gasteiger partial charge in [0, 0.05) is 22.2 Å². The van der Waals surface area contributed by atoms with Crippen LogP contribution in [0.4, 0.5) is 5.69 Å². The molecule has 2 N–H and O–H groups in total. The van der Waals surface area contributed by atoms with Crippen LogP contribution in [0.3, 0.4) is 0 Å². The number of rotatable bonds is 2. The molecule has 2 aromatic carbocycles. The number of benzene rings is 2. The van der Waals surface area contributed by atoms with Crippen molar-refractivity contribution in [2.45, 2.75) is 6.92 Å². The Bertz CT molecular complexity index is 871. The fourth-order valence-electron chi connectivity index (χ4n) is 2.30. The number of nitriles is 1. The lowest BCUT2D eigenvalue weighted by atomic mass is 10.1. The second kappa shape index (κ2) is 5.14. The van der Waals surface area contributed by atoms with E-state index in [0.29, 0.717) is 16.8 Å². The number of fused-ring (bicyclic) bond motifs is 1. The topological polar surface area (TPSA) is 68.7 Å². The first-order valence-corrected chi connectivity index (χ1v) is 6.57. The third-order valence-corrected chi connectivity index (χ3v) is 3.31. The number of para-hydroxylation sites is 1. The van der Waals surface area contributed by atoms with Gasteiger partial charge >= 0.3 is 0 Å². The van der Waals surface area contributed by atoms with Gasteiger partial charge in [-0.3, -0.25) is 4.79 Å². The summed E-state index contributed by atoms with van der Waals surface area (Å²) in [4.78, 5) is 15.5. The molecule has 21 heavy (non-hydrogen) atoms. The quantitative estimate of drug-likeness (QED) is 0.750. The molecule has 1 heterocycles. The second-order valence-electron chi connectivity index (χ2n) is 4.87. The molecular formula is C17H13N3O. The zero-order valence-corrected chi connectivity index (χ0v) is 11.5. The molecule has 0 aliphatic carbocycles. The Labute approximate surface area is 122 Å². The SMILES string of the molecule is Cc1cc2cc(C(=O)Nc3ccccc3C#N)ccc2[nH]1. The number of nitrogens with one attached hydrogen (secondary N) is 2. The van der Waals surface area contributed by atoms with Crippen molar-refractivity contribution in [1.82, 2.24) is 4.98 Å². The van der Waals surface area contributed by atoms with Crippen LogP contribution in [0, 0.1) is 18.3 Å². The minimum Gasteiger partial charge on any atom is -0.359 e. The average Bonchev–Trinajstić information content (AvgIpc) is 2.86. The van der Waals surface area contributed by atoms with Crippen molar-refractivity contribution in [3.05, 3.63) is 65.4 Å². The lowest BCUT2D eigenvalue weighted by Gasteiger charge is -2.06. The standard InChI is InChI=1S/C17H13N3O/c1-11-8-14-9-12(6-7-16(14)19-11)17(21)20-15-5-3-2-4-13(15)10-18/h2-9,19H,1H3,(H,20,21). The molecular weight excluding hydrogens is 262 g/mol. The van der Waals surface area contributed by atoms with Crippen molar-refractivity contribution in [2.24, 2.45) is 0 Å². The molecule has 0 aliphatic rings. The van der Waals surface area contributed by atoms with Crippen LogP contribution >= 0.6 is 0 Å². The van der Waals surface area contributed by atoms with Gasteiger partial charge < -0.3 is 10.3 Å². The zero-order valence-electron chi connectivity index (χ0n) is 11.5. The van der Waals surface area contributed by atoms with Gasteiger partial charge in [0.25, 0.3) is 5.91 Å². The van der Waals surface area contributed by atoms with Crippen LogP contribution in [0.25, 0.3) is 10.9 Å². The molecule has 0 spiro atoms. The third kappa shape index (κ3) is 2.49. The maximum atomic E-state index is 12.3. The summed E-state index contributed by atoms with van der Waals surface area (Å²) in [6.45, 7) is 1.98. The first-order chi connectivity index (χ1) is 10.2. The van der Waals surface area contributed by atoms with Crippen LogP contribution in [-0.2, 0) is 0 Å². The van der Waals surface area contributed by atoms with Crippen LogP contribution in [0.15, 0.2) is 48.5 Å². The van der Waals surface area contributed by atoms with Gasteiger partial charge in [0.15, 0.2) is 0 Å². The fraction of sp³-hybridized carbons (Fsp3) is 0.0588. The van der Waals surface area contributed by atoms with Gasteiger partial charge in [-0.25, -0.2) is 0 Å². The Morgan fingerprint density at radius 1 is 1.19 bits per heavy atom. The van der Waals surface area contributed by atoms with Crippen molar-refractivity contribution in [1.29, 1.82) is 5.26 Å². The highest BCUT2D eigenvalue weighted by Crippen LogP contribution is 2.19. The summed E-state index contributed by atoms with van der Waals surface area (Å²) in [6.07, 6.45) is 0. The highest BCUT2D eigenvalue weighted by atomic mass is 16.1. The van der Waals surface area contributed by atoms with Crippen LogP contribution in [0.5, 0.6) is 0 Å². The predicted octanol–water partition coefficient (Wildman–Crippen LogP) is 3.60. The van der Waals surface area contributed by atoms with E-state index in [1.165, 1.54) is 0 Å². The molecule has 0 saturated heterocycles. The largest absolute Gasteiger partial charge is 0.359 e. The summed E-state index contributed by atoms with van der Waals surface area (Å²) < 4.78 is 0. The van der Waals surface area contributed by atoms with Crippen molar-refractivity contribution < 1.29 is 4.79 Å². The Morgan fingerprint density at radius 2 is 2.00 bits per heavy atom. The number of hydrogen-bond acceptors (Lipinski definition) is 2. The van der Waals surface area contributed by atoms with E-state index in [1.807, 2.05) is 25.1 Å². The Hall–Kier alpha value is -3.06. The van der Waals surface area contributed by atoms with Crippen molar-refractivity contribution >= 4 is 22.5 Å². The maximum absolute atomic E-state index is 12.3. The third-order valence-electron chi connectivity index (χ3n) is 3.31. The van der Waals surface area contributed by atoms with E-state index >= 15 is 0 Å². The lowest BCUT2D eigenvalue weighted by molar-refractivity contribution is 0.102. The number of anilines is 1. The lowest BCUT2D eigenvalue weighted by Crippen LogP contribution is -2.12. The number of H-pyrrole nitrogens is 1. The van der Waals surface area contributed by atoms with Crippen molar-refractivity contribution in [2.75, 3.05) is 5.32 Å². The normalized spacial score (nSPS) is 10.3. The predicted molar refractivity (Wildman–Crippen MR) is 82.1 cm³/mol. The summed E-state index contributed by atoms with van der Waals surface area (Å²) in [5.74, 6) is -0.224. The number of aromatic nitrogens is 1. The zero-order chi connectivity index (χ0) is 14.8. The minimum atomic E-state index is -0.224.